The summed E-state index contributed by atoms with van der Waals surface area (Å²) in [6, 6.07) is -0.945. The first kappa shape index (κ1) is 20.3. The van der Waals surface area contributed by atoms with E-state index in [4.69, 9.17) is 9.84 Å². The van der Waals surface area contributed by atoms with E-state index in [-0.39, 0.29) is 13.2 Å². The van der Waals surface area contributed by atoms with Crippen molar-refractivity contribution in [1.82, 2.24) is 5.32 Å². The molecule has 0 fully saturated rings. The van der Waals surface area contributed by atoms with Gasteiger partial charge in [0.2, 0.25) is 0 Å². The molecule has 0 aromatic carbocycles. The maximum Gasteiger partial charge on any atom is 0.407 e. The van der Waals surface area contributed by atoms with Gasteiger partial charge in [-0.15, -0.1) is 10.1 Å². The smallest absolute Gasteiger partial charge is 0.407 e. The highest BCUT2D eigenvalue weighted by Gasteiger charge is 2.19. The third-order valence-electron chi connectivity index (χ3n) is 2.67. The van der Waals surface area contributed by atoms with Gasteiger partial charge < -0.3 is 20.0 Å². The predicted octanol–water partition coefficient (Wildman–Crippen LogP) is 1.69. The Labute approximate surface area is 132 Å². The Kier molecular flexibility index (Phi) is 12.0. The topological polar surface area (TPSA) is 128 Å². The highest BCUT2D eigenvalue weighted by atomic mass is 32.2. The van der Waals surface area contributed by atoms with E-state index in [1.807, 2.05) is 6.26 Å². The number of alkyl carbamates (subject to hydrolysis) is 1. The van der Waals surface area contributed by atoms with Gasteiger partial charge in [-0.05, 0) is 37.7 Å². The maximum atomic E-state index is 11.4. The highest BCUT2D eigenvalue weighted by Crippen LogP contribution is 2.03. The molecule has 0 heterocycles. The van der Waals surface area contributed by atoms with Gasteiger partial charge in [-0.25, -0.2) is 9.59 Å². The van der Waals surface area contributed by atoms with Gasteiger partial charge in [0.1, 0.15) is 6.04 Å². The van der Waals surface area contributed by atoms with Crippen molar-refractivity contribution in [2.45, 2.75) is 38.1 Å². The zero-order valence-corrected chi connectivity index (χ0v) is 13.3. The zero-order valence-electron chi connectivity index (χ0n) is 12.5. The fraction of sp³-hybridized carbons (Fsp3) is 0.833. The summed E-state index contributed by atoms with van der Waals surface area (Å²) in [5.41, 5.74) is 0. The maximum absolute atomic E-state index is 11.4. The Morgan fingerprint density at radius 1 is 1.27 bits per heavy atom. The lowest BCUT2D eigenvalue weighted by molar-refractivity contribution is -0.757. The number of unbranched alkanes of at least 4 members (excludes halogenated alkanes) is 3. The van der Waals surface area contributed by atoms with E-state index >= 15 is 0 Å². The molecule has 1 unspecified atom stereocenters. The second-order valence-electron chi connectivity index (χ2n) is 4.42. The molecule has 0 saturated heterocycles. The summed E-state index contributed by atoms with van der Waals surface area (Å²) in [5.74, 6) is -0.458. The first-order valence-electron chi connectivity index (χ1n) is 6.89. The van der Waals surface area contributed by atoms with Crippen molar-refractivity contribution in [3.8, 4) is 0 Å². The van der Waals surface area contributed by atoms with Gasteiger partial charge in [0.25, 0.3) is 5.09 Å². The van der Waals surface area contributed by atoms with Gasteiger partial charge in [-0.2, -0.15) is 11.8 Å². The molecule has 1 amide bonds. The number of nitrogens with zero attached hydrogens (tertiary/aromatic N) is 1. The van der Waals surface area contributed by atoms with E-state index in [0.29, 0.717) is 25.0 Å². The third kappa shape index (κ3) is 12.1. The number of carboxylic acid groups (broad SMARTS) is 1. The monoisotopic (exact) mass is 338 g/mol. The molecule has 0 spiro atoms. The van der Waals surface area contributed by atoms with E-state index in [9.17, 15) is 19.7 Å². The van der Waals surface area contributed by atoms with E-state index < -0.39 is 23.2 Å². The van der Waals surface area contributed by atoms with E-state index in [1.54, 1.807) is 0 Å². The molecule has 22 heavy (non-hydrogen) atoms. The summed E-state index contributed by atoms with van der Waals surface area (Å²) in [6.45, 7) is 0.237. The van der Waals surface area contributed by atoms with Crippen LogP contribution in [0.5, 0.6) is 0 Å². The van der Waals surface area contributed by atoms with Crippen LogP contribution in [0.15, 0.2) is 0 Å². The number of thioether (sulfide) groups is 1. The fourth-order valence-corrected chi connectivity index (χ4v) is 2.01. The minimum atomic E-state index is -1.09. The van der Waals surface area contributed by atoms with Gasteiger partial charge in [-0.3, -0.25) is 0 Å². The van der Waals surface area contributed by atoms with Crippen molar-refractivity contribution in [2.75, 3.05) is 25.2 Å². The summed E-state index contributed by atoms with van der Waals surface area (Å²) in [5, 5.41) is 20.3. The summed E-state index contributed by atoms with van der Waals surface area (Å²) in [4.78, 5) is 36.4. The molecule has 1 atom stereocenters. The van der Waals surface area contributed by atoms with Gasteiger partial charge in [0.15, 0.2) is 0 Å². The third-order valence-corrected chi connectivity index (χ3v) is 3.31. The standard InChI is InChI=1S/C12H22N2O7S/c1-22-9-6-10(11(15)16)13-12(17)20-7-4-2-3-5-8-21-14(18)19/h10H,2-9H2,1H3,(H,13,17)(H,15,16). The molecule has 0 aliphatic heterocycles. The van der Waals surface area contributed by atoms with Crippen molar-refractivity contribution in [3.63, 3.8) is 0 Å². The van der Waals surface area contributed by atoms with Crippen LogP contribution in [0.4, 0.5) is 4.79 Å². The Morgan fingerprint density at radius 3 is 2.45 bits per heavy atom. The Balaban J connectivity index is 3.63. The number of ether oxygens (including phenoxy) is 1. The van der Waals surface area contributed by atoms with Crippen LogP contribution in [-0.4, -0.2) is 53.5 Å². The van der Waals surface area contributed by atoms with Gasteiger partial charge in [-0.1, -0.05) is 6.42 Å². The van der Waals surface area contributed by atoms with Crippen LogP contribution in [0.25, 0.3) is 0 Å². The average Bonchev–Trinajstić information content (AvgIpc) is 2.45. The molecule has 0 radical (unpaired) electrons. The number of carboxylic acids is 1. The lowest BCUT2D eigenvalue weighted by Gasteiger charge is -2.13. The Hall–Kier alpha value is -1.71. The fourth-order valence-electron chi connectivity index (χ4n) is 1.54. The molecule has 2 N–H and O–H groups in total. The lowest BCUT2D eigenvalue weighted by Crippen LogP contribution is -2.41. The number of carbonyl (C=O) groups is 2. The van der Waals surface area contributed by atoms with Crippen molar-refractivity contribution < 1.29 is 29.4 Å². The van der Waals surface area contributed by atoms with Gasteiger partial charge in [0, 0.05) is 0 Å². The van der Waals surface area contributed by atoms with Crippen LogP contribution in [-0.2, 0) is 14.4 Å². The molecule has 0 rings (SSSR count). The molecular weight excluding hydrogens is 316 g/mol. The summed E-state index contributed by atoms with van der Waals surface area (Å²) >= 11 is 1.50. The first-order chi connectivity index (χ1) is 10.5. The largest absolute Gasteiger partial charge is 0.480 e. The number of nitrogens with one attached hydrogen (secondary N) is 1. The van der Waals surface area contributed by atoms with Crippen LogP contribution >= 0.6 is 11.8 Å². The molecule has 0 bridgehead atoms. The SMILES string of the molecule is CSCCC(NC(=O)OCCCCCCO[N+](=O)[O-])C(=O)O. The number of hydrogen-bond acceptors (Lipinski definition) is 7. The van der Waals surface area contributed by atoms with Crippen molar-refractivity contribution in [2.24, 2.45) is 0 Å². The van der Waals surface area contributed by atoms with Gasteiger partial charge >= 0.3 is 12.1 Å². The number of aliphatic carboxylic acids is 1. The summed E-state index contributed by atoms with van der Waals surface area (Å²) < 4.78 is 4.89. The molecule has 0 saturated carbocycles. The zero-order chi connectivity index (χ0) is 16.8. The summed E-state index contributed by atoms with van der Waals surface area (Å²) in [6.07, 6.45) is 4.08. The van der Waals surface area contributed by atoms with E-state index in [2.05, 4.69) is 10.2 Å². The van der Waals surface area contributed by atoms with Crippen LogP contribution in [0.3, 0.4) is 0 Å². The molecule has 0 aliphatic carbocycles. The van der Waals surface area contributed by atoms with Crippen molar-refractivity contribution in [1.29, 1.82) is 0 Å². The van der Waals surface area contributed by atoms with Crippen LogP contribution < -0.4 is 5.32 Å². The van der Waals surface area contributed by atoms with E-state index in [0.717, 1.165) is 12.8 Å². The highest BCUT2D eigenvalue weighted by molar-refractivity contribution is 7.98. The molecule has 10 heteroatoms. The minimum Gasteiger partial charge on any atom is -0.480 e. The predicted molar refractivity (Wildman–Crippen MR) is 80.3 cm³/mol. The normalized spacial score (nSPS) is 11.5. The number of rotatable bonds is 13. The molecule has 128 valence electrons. The second-order valence-corrected chi connectivity index (χ2v) is 5.41. The molecule has 0 aromatic rings. The molecule has 9 nitrogen and oxygen atoms in total. The van der Waals surface area contributed by atoms with Crippen LogP contribution in [0.2, 0.25) is 0 Å². The average molecular weight is 338 g/mol. The summed E-state index contributed by atoms with van der Waals surface area (Å²) in [7, 11) is 0. The molecule has 0 aromatic heterocycles. The Bertz CT molecular complexity index is 354. The Morgan fingerprint density at radius 2 is 1.91 bits per heavy atom. The number of hydrogen-bond donors (Lipinski definition) is 2. The quantitative estimate of drug-likeness (QED) is 0.295. The van der Waals surface area contributed by atoms with Crippen LogP contribution in [0, 0.1) is 10.1 Å². The van der Waals surface area contributed by atoms with Gasteiger partial charge in [0.05, 0.1) is 13.2 Å². The number of carbonyl (C=O) groups excluding carboxylic acids is 1. The molecular formula is C12H22N2O7S. The van der Waals surface area contributed by atoms with E-state index in [1.165, 1.54) is 11.8 Å². The second kappa shape index (κ2) is 13.0. The van der Waals surface area contributed by atoms with Crippen LogP contribution in [0.1, 0.15) is 32.1 Å². The minimum absolute atomic E-state index is 0.0596. The van der Waals surface area contributed by atoms with Crippen molar-refractivity contribution >= 4 is 23.8 Å². The molecule has 0 aliphatic rings. The number of amides is 1. The lowest BCUT2D eigenvalue weighted by atomic mass is 10.2. The van der Waals surface area contributed by atoms with Crippen molar-refractivity contribution in [3.05, 3.63) is 10.1 Å². The first-order valence-corrected chi connectivity index (χ1v) is 8.29.